The maximum atomic E-state index is 12.2. The summed E-state index contributed by atoms with van der Waals surface area (Å²) in [6.45, 7) is 7.56. The summed E-state index contributed by atoms with van der Waals surface area (Å²) in [5.41, 5.74) is 2.36. The quantitative estimate of drug-likeness (QED) is 0.853. The van der Waals surface area contributed by atoms with Gasteiger partial charge in [-0.05, 0) is 38.9 Å². The van der Waals surface area contributed by atoms with Crippen molar-refractivity contribution in [2.45, 2.75) is 45.8 Å². The third kappa shape index (κ3) is 7.23. The molecular weight excluding hydrogens is 246 g/mol. The van der Waals surface area contributed by atoms with Crippen molar-refractivity contribution < 1.29 is 8.78 Å². The molecule has 0 fully saturated rings. The summed E-state index contributed by atoms with van der Waals surface area (Å²) in [5.74, 6) is 0. The fourth-order valence-corrected chi connectivity index (χ4v) is 1.74. The van der Waals surface area contributed by atoms with Crippen LogP contribution in [-0.2, 0) is 13.1 Å². The first-order valence-corrected chi connectivity index (χ1v) is 6.56. The minimum Gasteiger partial charge on any atom is -0.308 e. The molecule has 0 aliphatic heterocycles. The first-order chi connectivity index (χ1) is 8.76. The topological polar surface area (TPSA) is 15.3 Å². The Kier molecular flexibility index (Phi) is 5.88. The van der Waals surface area contributed by atoms with Crippen LogP contribution in [0.1, 0.15) is 31.9 Å². The van der Waals surface area contributed by atoms with Crippen molar-refractivity contribution >= 4 is 0 Å². The number of hydrogen-bond acceptors (Lipinski definition) is 2. The van der Waals surface area contributed by atoms with E-state index in [1.54, 1.807) is 11.9 Å². The lowest BCUT2D eigenvalue weighted by molar-refractivity contribution is 0.0975. The molecule has 0 amide bonds. The molecule has 0 spiro atoms. The summed E-state index contributed by atoms with van der Waals surface area (Å²) >= 11 is 0. The van der Waals surface area contributed by atoms with Crippen LogP contribution < -0.4 is 5.32 Å². The van der Waals surface area contributed by atoms with E-state index >= 15 is 0 Å². The van der Waals surface area contributed by atoms with Gasteiger partial charge in [0.25, 0.3) is 6.43 Å². The highest BCUT2D eigenvalue weighted by molar-refractivity contribution is 5.22. The lowest BCUT2D eigenvalue weighted by Crippen LogP contribution is -2.35. The number of alkyl halides is 2. The van der Waals surface area contributed by atoms with E-state index in [9.17, 15) is 8.78 Å². The monoisotopic (exact) mass is 270 g/mol. The van der Waals surface area contributed by atoms with Gasteiger partial charge in [0.15, 0.2) is 0 Å². The zero-order chi connectivity index (χ0) is 14.5. The fraction of sp³-hybridized carbons (Fsp3) is 0.600. The van der Waals surface area contributed by atoms with Crippen LogP contribution in [0.5, 0.6) is 0 Å². The van der Waals surface area contributed by atoms with Crippen LogP contribution in [0.2, 0.25) is 0 Å². The number of hydrogen-bond donors (Lipinski definition) is 1. The summed E-state index contributed by atoms with van der Waals surface area (Å²) in [4.78, 5) is 1.63. The molecule has 108 valence electrons. The van der Waals surface area contributed by atoms with E-state index in [0.29, 0.717) is 6.54 Å². The Morgan fingerprint density at radius 3 is 2.11 bits per heavy atom. The van der Waals surface area contributed by atoms with Crippen molar-refractivity contribution in [1.82, 2.24) is 10.2 Å². The Labute approximate surface area is 114 Å². The second-order valence-corrected chi connectivity index (χ2v) is 6.01. The predicted octanol–water partition coefficient (Wildman–Crippen LogP) is 3.27. The Bertz CT molecular complexity index is 369. The minimum absolute atomic E-state index is 0.0934. The molecule has 0 radical (unpaired) electrons. The van der Waals surface area contributed by atoms with Crippen molar-refractivity contribution in [3.63, 3.8) is 0 Å². The van der Waals surface area contributed by atoms with E-state index in [2.05, 4.69) is 26.1 Å². The number of nitrogens with zero attached hydrogens (tertiary/aromatic N) is 1. The molecule has 0 aromatic heterocycles. The first kappa shape index (κ1) is 16.1. The number of halogens is 2. The molecule has 1 rings (SSSR count). The molecular formula is C15H24F2N2. The van der Waals surface area contributed by atoms with Gasteiger partial charge in [0.1, 0.15) is 0 Å². The van der Waals surface area contributed by atoms with Gasteiger partial charge in [0.2, 0.25) is 0 Å². The van der Waals surface area contributed by atoms with E-state index in [1.807, 2.05) is 24.3 Å². The highest BCUT2D eigenvalue weighted by Gasteiger charge is 2.09. The van der Waals surface area contributed by atoms with Crippen LogP contribution in [0.25, 0.3) is 0 Å². The highest BCUT2D eigenvalue weighted by Crippen LogP contribution is 2.09. The van der Waals surface area contributed by atoms with Crippen molar-refractivity contribution in [2.75, 3.05) is 13.6 Å². The molecule has 0 aliphatic rings. The van der Waals surface area contributed by atoms with Crippen LogP contribution in [0.15, 0.2) is 24.3 Å². The summed E-state index contributed by atoms with van der Waals surface area (Å²) in [7, 11) is 1.71. The second-order valence-electron chi connectivity index (χ2n) is 6.01. The number of nitrogens with one attached hydrogen (secondary N) is 1. The Balaban J connectivity index is 2.47. The molecule has 0 bridgehead atoms. The molecule has 1 N–H and O–H groups in total. The standard InChI is InChI=1S/C15H24F2N2/c1-15(2,3)18-9-12-5-7-13(8-6-12)10-19(4)11-14(16)17/h5-8,14,18H,9-11H2,1-4H3. The van der Waals surface area contributed by atoms with Gasteiger partial charge in [-0.2, -0.15) is 0 Å². The van der Waals surface area contributed by atoms with Crippen molar-refractivity contribution in [3.05, 3.63) is 35.4 Å². The molecule has 1 aromatic carbocycles. The molecule has 0 unspecified atom stereocenters. The normalized spacial score (nSPS) is 12.4. The van der Waals surface area contributed by atoms with E-state index in [-0.39, 0.29) is 12.1 Å². The minimum atomic E-state index is -2.28. The molecule has 2 nitrogen and oxygen atoms in total. The van der Waals surface area contributed by atoms with Crippen molar-refractivity contribution in [1.29, 1.82) is 0 Å². The summed E-state index contributed by atoms with van der Waals surface area (Å²) in [6, 6.07) is 8.10. The fourth-order valence-electron chi connectivity index (χ4n) is 1.74. The Morgan fingerprint density at radius 1 is 1.11 bits per heavy atom. The molecule has 0 saturated heterocycles. The Morgan fingerprint density at radius 2 is 1.63 bits per heavy atom. The van der Waals surface area contributed by atoms with E-state index in [0.717, 1.165) is 12.1 Å². The molecule has 19 heavy (non-hydrogen) atoms. The summed E-state index contributed by atoms with van der Waals surface area (Å²) < 4.78 is 24.4. The van der Waals surface area contributed by atoms with E-state index < -0.39 is 6.43 Å². The number of rotatable bonds is 6. The lowest BCUT2D eigenvalue weighted by atomic mass is 10.1. The van der Waals surface area contributed by atoms with Gasteiger partial charge < -0.3 is 5.32 Å². The van der Waals surface area contributed by atoms with Crippen molar-refractivity contribution in [2.24, 2.45) is 0 Å². The van der Waals surface area contributed by atoms with Crippen LogP contribution in [-0.4, -0.2) is 30.5 Å². The third-order valence-corrected chi connectivity index (χ3v) is 2.75. The van der Waals surface area contributed by atoms with Gasteiger partial charge in [-0.25, -0.2) is 8.78 Å². The van der Waals surface area contributed by atoms with Gasteiger partial charge in [-0.15, -0.1) is 0 Å². The van der Waals surface area contributed by atoms with Gasteiger partial charge >= 0.3 is 0 Å². The molecule has 4 heteroatoms. The molecule has 0 saturated carbocycles. The van der Waals surface area contributed by atoms with E-state index in [4.69, 9.17) is 0 Å². The molecule has 0 atom stereocenters. The SMILES string of the molecule is CN(Cc1ccc(CNC(C)(C)C)cc1)CC(F)F. The van der Waals surface area contributed by atoms with Crippen LogP contribution >= 0.6 is 0 Å². The first-order valence-electron chi connectivity index (χ1n) is 6.56. The van der Waals surface area contributed by atoms with Crippen LogP contribution in [0.4, 0.5) is 8.78 Å². The van der Waals surface area contributed by atoms with Gasteiger partial charge in [-0.1, -0.05) is 24.3 Å². The maximum Gasteiger partial charge on any atom is 0.251 e. The van der Waals surface area contributed by atoms with Gasteiger partial charge in [-0.3, -0.25) is 4.90 Å². The highest BCUT2D eigenvalue weighted by atomic mass is 19.3. The lowest BCUT2D eigenvalue weighted by Gasteiger charge is -2.21. The van der Waals surface area contributed by atoms with Gasteiger partial charge in [0, 0.05) is 18.6 Å². The Hall–Kier alpha value is -1.00. The molecule has 0 aliphatic carbocycles. The van der Waals surface area contributed by atoms with Crippen LogP contribution in [0.3, 0.4) is 0 Å². The largest absolute Gasteiger partial charge is 0.308 e. The zero-order valence-corrected chi connectivity index (χ0v) is 12.2. The summed E-state index contributed by atoms with van der Waals surface area (Å²) in [6.07, 6.45) is -2.28. The van der Waals surface area contributed by atoms with Crippen LogP contribution in [0, 0.1) is 0 Å². The summed E-state index contributed by atoms with van der Waals surface area (Å²) in [5, 5.41) is 3.41. The van der Waals surface area contributed by atoms with E-state index in [1.165, 1.54) is 5.56 Å². The smallest absolute Gasteiger partial charge is 0.251 e. The zero-order valence-electron chi connectivity index (χ0n) is 12.2. The second kappa shape index (κ2) is 6.96. The average Bonchev–Trinajstić information content (AvgIpc) is 2.26. The average molecular weight is 270 g/mol. The van der Waals surface area contributed by atoms with Crippen molar-refractivity contribution in [3.8, 4) is 0 Å². The predicted molar refractivity (Wildman–Crippen MR) is 75.4 cm³/mol. The molecule has 1 aromatic rings. The van der Waals surface area contributed by atoms with Gasteiger partial charge in [0.05, 0.1) is 6.54 Å². The third-order valence-electron chi connectivity index (χ3n) is 2.75. The maximum absolute atomic E-state index is 12.2. The number of benzene rings is 1. The molecule has 0 heterocycles.